The molecule has 0 aromatic heterocycles. The first-order valence-corrected chi connectivity index (χ1v) is 12.6. The van der Waals surface area contributed by atoms with Crippen LogP contribution in [0.1, 0.15) is 74.2 Å². The lowest BCUT2D eigenvalue weighted by atomic mass is 9.82. The summed E-state index contributed by atoms with van der Waals surface area (Å²) in [5.41, 5.74) is 1.86. The molecule has 0 spiro atoms. The molecule has 8 heteroatoms. The summed E-state index contributed by atoms with van der Waals surface area (Å²) in [6, 6.07) is 4.92. The fourth-order valence-electron chi connectivity index (χ4n) is 4.97. The summed E-state index contributed by atoms with van der Waals surface area (Å²) in [7, 11) is 0. The number of fused-ring (bicyclic) bond motifs is 1. The van der Waals surface area contributed by atoms with E-state index in [0.29, 0.717) is 30.6 Å². The Morgan fingerprint density at radius 2 is 1.94 bits per heavy atom. The molecule has 0 aliphatic carbocycles. The fourth-order valence-corrected chi connectivity index (χ4v) is 4.97. The number of rotatable bonds is 11. The molecule has 0 radical (unpaired) electrons. The van der Waals surface area contributed by atoms with Crippen LogP contribution >= 0.6 is 0 Å². The molecule has 3 aliphatic heterocycles. The molecule has 3 heterocycles. The third-order valence-electron chi connectivity index (χ3n) is 7.26. The Kier molecular flexibility index (Phi) is 8.21. The van der Waals surface area contributed by atoms with Crippen molar-refractivity contribution in [3.05, 3.63) is 29.3 Å². The summed E-state index contributed by atoms with van der Waals surface area (Å²) in [5.74, 6) is -0.0675. The molecule has 0 saturated carbocycles. The zero-order valence-corrected chi connectivity index (χ0v) is 20.2. The molecule has 2 saturated heterocycles. The van der Waals surface area contributed by atoms with Crippen LogP contribution in [0.3, 0.4) is 0 Å². The molecule has 1 unspecified atom stereocenters. The smallest absolute Gasteiger partial charge is 0.255 e. The van der Waals surface area contributed by atoms with E-state index in [1.807, 2.05) is 12.1 Å². The van der Waals surface area contributed by atoms with Crippen molar-refractivity contribution >= 4 is 17.7 Å². The summed E-state index contributed by atoms with van der Waals surface area (Å²) >= 11 is 0. The van der Waals surface area contributed by atoms with Crippen molar-refractivity contribution in [1.82, 2.24) is 15.5 Å². The Balaban J connectivity index is 1.12. The number of hydrogen-bond donors (Lipinski definition) is 2. The van der Waals surface area contributed by atoms with Crippen LogP contribution in [0.15, 0.2) is 18.2 Å². The molecular weight excluding hydrogens is 434 g/mol. The van der Waals surface area contributed by atoms with Gasteiger partial charge in [-0.3, -0.25) is 19.7 Å². The number of carbonyl (C=O) groups excluding carboxylic acids is 3. The molecular formula is C26H37N3O5. The Morgan fingerprint density at radius 1 is 1.15 bits per heavy atom. The molecule has 1 atom stereocenters. The number of nitrogens with zero attached hydrogens (tertiary/aromatic N) is 1. The first-order valence-electron chi connectivity index (χ1n) is 12.6. The van der Waals surface area contributed by atoms with E-state index in [4.69, 9.17) is 9.47 Å². The van der Waals surface area contributed by atoms with Crippen LogP contribution < -0.4 is 15.4 Å². The quantitative estimate of drug-likeness (QED) is 0.381. The van der Waals surface area contributed by atoms with Crippen LogP contribution in [0.25, 0.3) is 0 Å². The summed E-state index contributed by atoms with van der Waals surface area (Å²) in [5, 5.41) is 5.94. The summed E-state index contributed by atoms with van der Waals surface area (Å²) in [6.45, 7) is 7.27. The maximum Gasteiger partial charge on any atom is 0.255 e. The molecule has 0 bridgehead atoms. The van der Waals surface area contributed by atoms with Gasteiger partial charge in [-0.1, -0.05) is 19.8 Å². The van der Waals surface area contributed by atoms with Gasteiger partial charge in [-0.05, 0) is 67.8 Å². The van der Waals surface area contributed by atoms with Gasteiger partial charge in [-0.25, -0.2) is 0 Å². The van der Waals surface area contributed by atoms with E-state index < -0.39 is 6.04 Å². The highest BCUT2D eigenvalue weighted by Crippen LogP contribution is 2.30. The molecule has 3 aliphatic rings. The first-order chi connectivity index (χ1) is 16.5. The Labute approximate surface area is 201 Å². The summed E-state index contributed by atoms with van der Waals surface area (Å²) < 4.78 is 11.4. The standard InChI is InChI=1S/C26H37N3O5/c1-26(10-14-33-15-11-26)18-27-12-4-2-3-5-13-34-20-6-7-21-19(16-20)17-29(25(21)32)22-8-9-23(30)28-24(22)31/h6-7,16,22,27H,2-5,8-15,17-18H2,1H3,(H,28,30,31). The minimum atomic E-state index is -0.587. The number of imide groups is 1. The highest BCUT2D eigenvalue weighted by Gasteiger charge is 2.39. The van der Waals surface area contributed by atoms with Gasteiger partial charge in [0.1, 0.15) is 11.8 Å². The van der Waals surface area contributed by atoms with Gasteiger partial charge in [-0.2, -0.15) is 0 Å². The van der Waals surface area contributed by atoms with Crippen molar-refractivity contribution in [1.29, 1.82) is 0 Å². The molecule has 1 aromatic rings. The fraction of sp³-hybridized carbons (Fsp3) is 0.654. The molecule has 3 amide bonds. The monoisotopic (exact) mass is 471 g/mol. The number of hydrogen-bond acceptors (Lipinski definition) is 6. The van der Waals surface area contributed by atoms with E-state index in [2.05, 4.69) is 17.6 Å². The molecule has 8 nitrogen and oxygen atoms in total. The van der Waals surface area contributed by atoms with Gasteiger partial charge in [0, 0.05) is 38.3 Å². The van der Waals surface area contributed by atoms with Crippen LogP contribution in [0.2, 0.25) is 0 Å². The lowest BCUT2D eigenvalue weighted by Crippen LogP contribution is -2.52. The van der Waals surface area contributed by atoms with Gasteiger partial charge in [0.25, 0.3) is 5.91 Å². The van der Waals surface area contributed by atoms with Crippen molar-refractivity contribution in [2.45, 2.75) is 70.9 Å². The lowest BCUT2D eigenvalue weighted by Gasteiger charge is -2.33. The van der Waals surface area contributed by atoms with E-state index >= 15 is 0 Å². The molecule has 186 valence electrons. The lowest BCUT2D eigenvalue weighted by molar-refractivity contribution is -0.136. The average molecular weight is 472 g/mol. The van der Waals surface area contributed by atoms with E-state index in [0.717, 1.165) is 63.3 Å². The molecule has 34 heavy (non-hydrogen) atoms. The van der Waals surface area contributed by atoms with Gasteiger partial charge in [0.15, 0.2) is 0 Å². The van der Waals surface area contributed by atoms with Crippen molar-refractivity contribution in [3.63, 3.8) is 0 Å². The first kappa shape index (κ1) is 24.7. The van der Waals surface area contributed by atoms with Gasteiger partial charge < -0.3 is 19.7 Å². The molecule has 4 rings (SSSR count). The largest absolute Gasteiger partial charge is 0.494 e. The number of nitrogens with one attached hydrogen (secondary N) is 2. The van der Waals surface area contributed by atoms with Gasteiger partial charge in [0.05, 0.1) is 6.61 Å². The maximum absolute atomic E-state index is 12.8. The number of ether oxygens (including phenoxy) is 2. The van der Waals surface area contributed by atoms with Crippen molar-refractivity contribution in [3.8, 4) is 5.75 Å². The number of amides is 3. The SMILES string of the molecule is CC1(CNCCCCCCOc2ccc3c(c2)CN(C2CCC(=O)NC2=O)C3=O)CCOCC1. The second-order valence-electron chi connectivity index (χ2n) is 10.1. The number of unbranched alkanes of at least 4 members (excludes halogenated alkanes) is 3. The second-order valence-corrected chi connectivity index (χ2v) is 10.1. The predicted octanol–water partition coefficient (Wildman–Crippen LogP) is 2.79. The van der Waals surface area contributed by atoms with Crippen LogP contribution in [-0.2, 0) is 20.9 Å². The van der Waals surface area contributed by atoms with Crippen LogP contribution in [0, 0.1) is 5.41 Å². The van der Waals surface area contributed by atoms with E-state index in [1.165, 1.54) is 12.8 Å². The van der Waals surface area contributed by atoms with Crippen LogP contribution in [-0.4, -0.2) is 61.6 Å². The Hall–Kier alpha value is -2.45. The molecule has 2 N–H and O–H groups in total. The zero-order chi connectivity index (χ0) is 24.0. The molecule has 2 fully saturated rings. The van der Waals surface area contributed by atoms with Gasteiger partial charge in [0.2, 0.25) is 11.8 Å². The second kappa shape index (κ2) is 11.3. The van der Waals surface area contributed by atoms with E-state index in [-0.39, 0.29) is 24.1 Å². The van der Waals surface area contributed by atoms with Crippen molar-refractivity contribution in [2.24, 2.45) is 5.41 Å². The van der Waals surface area contributed by atoms with E-state index in [1.54, 1.807) is 11.0 Å². The van der Waals surface area contributed by atoms with Crippen molar-refractivity contribution < 1.29 is 23.9 Å². The summed E-state index contributed by atoms with van der Waals surface area (Å²) in [6.07, 6.45) is 7.38. The third kappa shape index (κ3) is 6.16. The zero-order valence-electron chi connectivity index (χ0n) is 20.2. The Bertz CT molecular complexity index is 896. The maximum atomic E-state index is 12.8. The van der Waals surface area contributed by atoms with Crippen molar-refractivity contribution in [2.75, 3.05) is 32.9 Å². The van der Waals surface area contributed by atoms with Crippen LogP contribution in [0.5, 0.6) is 5.75 Å². The minimum Gasteiger partial charge on any atom is -0.494 e. The van der Waals surface area contributed by atoms with Gasteiger partial charge >= 0.3 is 0 Å². The third-order valence-corrected chi connectivity index (χ3v) is 7.26. The van der Waals surface area contributed by atoms with E-state index in [9.17, 15) is 14.4 Å². The normalized spacial score (nSPS) is 22.0. The highest BCUT2D eigenvalue weighted by atomic mass is 16.5. The average Bonchev–Trinajstić information content (AvgIpc) is 3.14. The van der Waals surface area contributed by atoms with Crippen LogP contribution in [0.4, 0.5) is 0 Å². The number of benzene rings is 1. The number of piperidine rings is 1. The van der Waals surface area contributed by atoms with Gasteiger partial charge in [-0.15, -0.1) is 0 Å². The number of carbonyl (C=O) groups is 3. The minimum absolute atomic E-state index is 0.157. The topological polar surface area (TPSA) is 97.0 Å². The summed E-state index contributed by atoms with van der Waals surface area (Å²) in [4.78, 5) is 37.9. The highest BCUT2D eigenvalue weighted by molar-refractivity contribution is 6.05. The predicted molar refractivity (Wildman–Crippen MR) is 127 cm³/mol. The molecule has 1 aromatic carbocycles. The Morgan fingerprint density at radius 3 is 2.74 bits per heavy atom.